The molecule has 0 fully saturated rings. The van der Waals surface area contributed by atoms with Crippen LogP contribution < -0.4 is 0 Å². The molecule has 0 aliphatic rings. The van der Waals surface area contributed by atoms with E-state index in [9.17, 15) is 13.2 Å². The lowest BCUT2D eigenvalue weighted by molar-refractivity contribution is 0.0603. The smallest absolute Gasteiger partial charge is 0.245 e. The Morgan fingerprint density at radius 2 is 1.89 bits per heavy atom. The number of alkyl halides is 5. The molecule has 0 N–H and O–H groups in total. The molecule has 0 heterocycles. The molecule has 0 aliphatic carbocycles. The molecule has 2 radical (unpaired) electrons. The van der Waals surface area contributed by atoms with Crippen LogP contribution >= 0.6 is 23.2 Å². The normalized spacial score (nSPS) is 12.7. The number of halogens is 5. The quantitative estimate of drug-likeness (QED) is 0.477. The predicted octanol–water partition coefficient (Wildman–Crippen LogP) is 2.01. The summed E-state index contributed by atoms with van der Waals surface area (Å²) in [6.45, 7) is -1.69. The SMILES string of the molecule is FCC(F)(F)[Si]C(Cl)Cl. The third kappa shape index (κ3) is 5.05. The largest absolute Gasteiger partial charge is 0.255 e. The van der Waals surface area contributed by atoms with Crippen molar-refractivity contribution < 1.29 is 13.2 Å². The highest BCUT2D eigenvalue weighted by molar-refractivity contribution is 6.69. The second kappa shape index (κ2) is 3.68. The Labute approximate surface area is 63.1 Å². The Kier molecular flexibility index (Phi) is 3.92. The van der Waals surface area contributed by atoms with E-state index in [0.717, 1.165) is 0 Å². The molecule has 0 bridgehead atoms. The van der Waals surface area contributed by atoms with Crippen molar-refractivity contribution in [1.82, 2.24) is 0 Å². The molecule has 0 aromatic carbocycles. The van der Waals surface area contributed by atoms with E-state index >= 15 is 0 Å². The number of hydrogen-bond donors (Lipinski definition) is 0. The molecule has 0 rings (SSSR count). The first-order chi connectivity index (χ1) is 3.98. The maximum Gasteiger partial charge on any atom is 0.255 e. The summed E-state index contributed by atoms with van der Waals surface area (Å²) in [4.78, 5) is 0. The highest BCUT2D eigenvalue weighted by atomic mass is 35.5. The zero-order chi connectivity index (χ0) is 7.49. The zero-order valence-corrected chi connectivity index (χ0v) is 6.69. The van der Waals surface area contributed by atoms with Crippen LogP contribution in [0.1, 0.15) is 0 Å². The second-order valence-electron chi connectivity index (χ2n) is 1.28. The van der Waals surface area contributed by atoms with E-state index in [4.69, 9.17) is 23.2 Å². The van der Waals surface area contributed by atoms with E-state index in [2.05, 4.69) is 0 Å². The second-order valence-corrected chi connectivity index (χ2v) is 4.71. The Morgan fingerprint density at radius 3 is 2.00 bits per heavy atom. The van der Waals surface area contributed by atoms with E-state index in [-0.39, 0.29) is 0 Å². The van der Waals surface area contributed by atoms with Crippen molar-refractivity contribution in [2.24, 2.45) is 0 Å². The fourth-order valence-electron chi connectivity index (χ4n) is 0.198. The third-order valence-electron chi connectivity index (χ3n) is 0.488. The summed E-state index contributed by atoms with van der Waals surface area (Å²) in [5.41, 5.74) is -3.34. The molecular formula is C3H3Cl2F3Si. The molecule has 0 saturated carbocycles. The van der Waals surface area contributed by atoms with Gasteiger partial charge in [-0.3, -0.25) is 0 Å². The van der Waals surface area contributed by atoms with E-state index < -0.39 is 26.2 Å². The van der Waals surface area contributed by atoms with Gasteiger partial charge in [-0.1, -0.05) is 0 Å². The molecular weight excluding hydrogens is 192 g/mol. The van der Waals surface area contributed by atoms with Crippen LogP contribution in [0.2, 0.25) is 0 Å². The van der Waals surface area contributed by atoms with Gasteiger partial charge in [-0.15, -0.1) is 23.2 Å². The van der Waals surface area contributed by atoms with Gasteiger partial charge in [-0.25, -0.2) is 13.2 Å². The van der Waals surface area contributed by atoms with E-state index in [1.165, 1.54) is 0 Å². The molecule has 0 aliphatic heterocycles. The standard InChI is InChI=1S/C3H3Cl2F3Si/c4-2(5)9-3(7,8)1-6/h2H,1H2. The van der Waals surface area contributed by atoms with Gasteiger partial charge in [-0.2, -0.15) is 0 Å². The van der Waals surface area contributed by atoms with Crippen molar-refractivity contribution in [1.29, 1.82) is 0 Å². The first-order valence-electron chi connectivity index (χ1n) is 1.97. The molecule has 0 aromatic heterocycles. The van der Waals surface area contributed by atoms with Crippen LogP contribution in [0.5, 0.6) is 0 Å². The molecule has 0 saturated heterocycles. The number of rotatable bonds is 3. The molecule has 9 heavy (non-hydrogen) atoms. The minimum atomic E-state index is -3.34. The first kappa shape index (κ1) is 9.59. The van der Waals surface area contributed by atoms with Gasteiger partial charge >= 0.3 is 0 Å². The van der Waals surface area contributed by atoms with Crippen molar-refractivity contribution in [3.8, 4) is 0 Å². The Balaban J connectivity index is 3.58. The molecule has 0 spiro atoms. The lowest BCUT2D eigenvalue weighted by atomic mass is 10.8. The summed E-state index contributed by atoms with van der Waals surface area (Å²) < 4.78 is 33.8. The van der Waals surface area contributed by atoms with Crippen LogP contribution in [0, 0.1) is 0 Å². The molecule has 54 valence electrons. The van der Waals surface area contributed by atoms with Crippen LogP contribution in [0.15, 0.2) is 0 Å². The van der Waals surface area contributed by atoms with Crippen LogP contribution in [0.3, 0.4) is 0 Å². The van der Waals surface area contributed by atoms with Crippen molar-refractivity contribution in [2.75, 3.05) is 6.67 Å². The predicted molar refractivity (Wildman–Crippen MR) is 32.2 cm³/mol. The van der Waals surface area contributed by atoms with Crippen molar-refractivity contribution in [3.63, 3.8) is 0 Å². The molecule has 0 amide bonds. The van der Waals surface area contributed by atoms with Gasteiger partial charge in [0.1, 0.15) is 11.1 Å². The summed E-state index contributed by atoms with van der Waals surface area (Å²) in [7, 11) is -1.06. The van der Waals surface area contributed by atoms with Crippen LogP contribution in [-0.4, -0.2) is 26.2 Å². The maximum atomic E-state index is 11.9. The molecule has 0 nitrogen and oxygen atoms in total. The highest BCUT2D eigenvalue weighted by Gasteiger charge is 2.32. The maximum absolute atomic E-state index is 11.9. The summed E-state index contributed by atoms with van der Waals surface area (Å²) >= 11 is 9.94. The minimum absolute atomic E-state index is 1.06. The Hall–Kier alpha value is 0.587. The summed E-state index contributed by atoms with van der Waals surface area (Å²) in [6, 6.07) is 0. The van der Waals surface area contributed by atoms with Gasteiger partial charge in [0.2, 0.25) is 0 Å². The monoisotopic (exact) mass is 194 g/mol. The fourth-order valence-corrected chi connectivity index (χ4v) is 1.55. The van der Waals surface area contributed by atoms with Crippen LogP contribution in [0.4, 0.5) is 13.2 Å². The minimum Gasteiger partial charge on any atom is -0.245 e. The average Bonchev–Trinajstić information content (AvgIpc) is 1.63. The molecule has 0 aromatic rings. The summed E-state index contributed by atoms with van der Waals surface area (Å²) in [5.74, 6) is 0. The Morgan fingerprint density at radius 1 is 1.44 bits per heavy atom. The first-order valence-corrected chi connectivity index (χ1v) is 3.92. The van der Waals surface area contributed by atoms with E-state index in [0.29, 0.717) is 0 Å². The van der Waals surface area contributed by atoms with Gasteiger partial charge in [0.15, 0.2) is 9.52 Å². The van der Waals surface area contributed by atoms with Crippen molar-refractivity contribution in [2.45, 2.75) is 10.0 Å². The van der Waals surface area contributed by atoms with E-state index in [1.807, 2.05) is 0 Å². The molecule has 0 atom stereocenters. The topological polar surface area (TPSA) is 0 Å². The fraction of sp³-hybridized carbons (Fsp3) is 1.00. The average molecular weight is 195 g/mol. The number of hydrogen-bond acceptors (Lipinski definition) is 0. The van der Waals surface area contributed by atoms with Gasteiger partial charge in [0.05, 0.1) is 0 Å². The summed E-state index contributed by atoms with van der Waals surface area (Å²) in [5, 5.41) is 0. The highest BCUT2D eigenvalue weighted by Crippen LogP contribution is 2.16. The van der Waals surface area contributed by atoms with Crippen molar-refractivity contribution >= 4 is 32.7 Å². The summed E-state index contributed by atoms with van der Waals surface area (Å²) in [6.07, 6.45) is 0. The van der Waals surface area contributed by atoms with Gasteiger partial charge in [0.25, 0.3) is 5.55 Å². The van der Waals surface area contributed by atoms with E-state index in [1.54, 1.807) is 0 Å². The molecule has 6 heteroatoms. The van der Waals surface area contributed by atoms with Crippen LogP contribution in [0.25, 0.3) is 0 Å². The van der Waals surface area contributed by atoms with Crippen LogP contribution in [-0.2, 0) is 0 Å². The molecule has 0 unspecified atom stereocenters. The lowest BCUT2D eigenvalue weighted by Crippen LogP contribution is -2.31. The zero-order valence-electron chi connectivity index (χ0n) is 4.17. The van der Waals surface area contributed by atoms with Gasteiger partial charge in [0, 0.05) is 0 Å². The lowest BCUT2D eigenvalue weighted by Gasteiger charge is -2.09. The van der Waals surface area contributed by atoms with Crippen molar-refractivity contribution in [3.05, 3.63) is 0 Å². The Bertz CT molecular complexity index is 87.1. The van der Waals surface area contributed by atoms with Gasteiger partial charge < -0.3 is 0 Å². The third-order valence-corrected chi connectivity index (χ3v) is 1.92. The van der Waals surface area contributed by atoms with Gasteiger partial charge in [-0.05, 0) is 0 Å².